The van der Waals surface area contributed by atoms with E-state index >= 15 is 0 Å². The van der Waals surface area contributed by atoms with Gasteiger partial charge in [0.2, 0.25) is 5.28 Å². The van der Waals surface area contributed by atoms with Crippen LogP contribution in [0.3, 0.4) is 0 Å². The molecule has 0 radical (unpaired) electrons. The number of hydrogen-bond acceptors (Lipinski definition) is 3. The normalized spacial score (nSPS) is 10.3. The first-order valence-corrected chi connectivity index (χ1v) is 4.41. The van der Waals surface area contributed by atoms with E-state index in [1.807, 2.05) is 0 Å². The van der Waals surface area contributed by atoms with Crippen molar-refractivity contribution >= 4 is 23.5 Å². The fourth-order valence-electron chi connectivity index (χ4n) is 1.04. The van der Waals surface area contributed by atoms with Crippen LogP contribution in [0.25, 0.3) is 0 Å². The molecule has 0 aliphatic rings. The van der Waals surface area contributed by atoms with Gasteiger partial charge in [0.1, 0.15) is 5.82 Å². The highest BCUT2D eigenvalue weighted by Gasteiger charge is 2.19. The van der Waals surface area contributed by atoms with E-state index in [2.05, 4.69) is 9.97 Å². The molecule has 76 valence electrons. The lowest BCUT2D eigenvalue weighted by Gasteiger charge is -2.21. The van der Waals surface area contributed by atoms with Gasteiger partial charge in [-0.2, -0.15) is 0 Å². The Morgan fingerprint density at radius 3 is 2.71 bits per heavy atom. The number of anilines is 1. The maximum absolute atomic E-state index is 10.9. The van der Waals surface area contributed by atoms with E-state index in [4.69, 9.17) is 16.7 Å². The van der Waals surface area contributed by atoms with Crippen molar-refractivity contribution in [1.82, 2.24) is 9.97 Å². The van der Waals surface area contributed by atoms with E-state index in [1.165, 1.54) is 12.3 Å². The molecule has 1 heterocycles. The highest BCUT2D eigenvalue weighted by atomic mass is 35.5. The second kappa shape index (κ2) is 4.23. The lowest BCUT2D eigenvalue weighted by Crippen LogP contribution is -2.36. The molecule has 0 saturated carbocycles. The highest BCUT2D eigenvalue weighted by molar-refractivity contribution is 6.28. The smallest absolute Gasteiger partial charge is 0.413 e. The van der Waals surface area contributed by atoms with Crippen LogP contribution < -0.4 is 4.90 Å². The number of carbonyl (C=O) groups is 1. The van der Waals surface area contributed by atoms with E-state index in [0.717, 1.165) is 4.90 Å². The Kier molecular flexibility index (Phi) is 3.24. The molecule has 1 N–H and O–H groups in total. The molecular formula is C8H10ClN3O2. The van der Waals surface area contributed by atoms with Crippen LogP contribution in [0.4, 0.5) is 10.6 Å². The molecule has 0 bridgehead atoms. The van der Waals surface area contributed by atoms with Crippen LogP contribution in [0, 0.1) is 0 Å². The van der Waals surface area contributed by atoms with Gasteiger partial charge in [-0.1, -0.05) is 0 Å². The quantitative estimate of drug-likeness (QED) is 0.767. The monoisotopic (exact) mass is 215 g/mol. The first kappa shape index (κ1) is 10.7. The predicted molar refractivity (Wildman–Crippen MR) is 52.7 cm³/mol. The molecule has 0 unspecified atom stereocenters. The summed E-state index contributed by atoms with van der Waals surface area (Å²) in [6.45, 7) is 3.51. The molecule has 0 fully saturated rings. The summed E-state index contributed by atoms with van der Waals surface area (Å²) in [5.74, 6) is 0.285. The van der Waals surface area contributed by atoms with Gasteiger partial charge in [0.15, 0.2) is 0 Å². The van der Waals surface area contributed by atoms with E-state index in [9.17, 15) is 4.79 Å². The zero-order chi connectivity index (χ0) is 10.7. The Morgan fingerprint density at radius 2 is 2.29 bits per heavy atom. The van der Waals surface area contributed by atoms with Crippen molar-refractivity contribution in [1.29, 1.82) is 0 Å². The summed E-state index contributed by atoms with van der Waals surface area (Å²) in [5, 5.41) is 8.95. The van der Waals surface area contributed by atoms with E-state index in [0.29, 0.717) is 0 Å². The Bertz CT molecular complexity index is 343. The Balaban J connectivity index is 3.05. The van der Waals surface area contributed by atoms with Crippen LogP contribution in [0.5, 0.6) is 0 Å². The summed E-state index contributed by atoms with van der Waals surface area (Å²) in [6, 6.07) is 1.30. The van der Waals surface area contributed by atoms with Crippen molar-refractivity contribution in [3.8, 4) is 0 Å². The SMILES string of the molecule is CC(C)N(C(=O)O)c1ccnc(Cl)n1. The van der Waals surface area contributed by atoms with Gasteiger partial charge in [0, 0.05) is 12.2 Å². The van der Waals surface area contributed by atoms with Crippen LogP contribution in [0.1, 0.15) is 13.8 Å². The second-order valence-electron chi connectivity index (χ2n) is 2.93. The molecular weight excluding hydrogens is 206 g/mol. The molecule has 6 heteroatoms. The fourth-order valence-corrected chi connectivity index (χ4v) is 1.19. The third-order valence-corrected chi connectivity index (χ3v) is 1.76. The minimum Gasteiger partial charge on any atom is -0.465 e. The molecule has 14 heavy (non-hydrogen) atoms. The van der Waals surface area contributed by atoms with Crippen molar-refractivity contribution in [2.75, 3.05) is 4.90 Å². The third kappa shape index (κ3) is 2.32. The molecule has 5 nitrogen and oxygen atoms in total. The topological polar surface area (TPSA) is 66.3 Å². The lowest BCUT2D eigenvalue weighted by atomic mass is 10.3. The molecule has 0 saturated heterocycles. The van der Waals surface area contributed by atoms with E-state index in [-0.39, 0.29) is 17.1 Å². The average Bonchev–Trinajstić information content (AvgIpc) is 2.02. The van der Waals surface area contributed by atoms with Crippen molar-refractivity contribution in [2.45, 2.75) is 19.9 Å². The minimum atomic E-state index is -1.06. The molecule has 0 aliphatic heterocycles. The first-order valence-electron chi connectivity index (χ1n) is 4.03. The van der Waals surface area contributed by atoms with Crippen LogP contribution in [0.2, 0.25) is 5.28 Å². The van der Waals surface area contributed by atoms with Crippen LogP contribution in [-0.4, -0.2) is 27.2 Å². The van der Waals surface area contributed by atoms with E-state index in [1.54, 1.807) is 13.8 Å². The van der Waals surface area contributed by atoms with Crippen LogP contribution in [-0.2, 0) is 0 Å². The molecule has 1 rings (SSSR count). The van der Waals surface area contributed by atoms with Crippen LogP contribution >= 0.6 is 11.6 Å². The number of halogens is 1. The largest absolute Gasteiger partial charge is 0.465 e. The standard InChI is InChI=1S/C8H10ClN3O2/c1-5(2)12(8(13)14)6-3-4-10-7(9)11-6/h3-5H,1-2H3,(H,13,14). The fraction of sp³-hybridized carbons (Fsp3) is 0.375. The number of rotatable bonds is 2. The van der Waals surface area contributed by atoms with Crippen molar-refractivity contribution in [3.05, 3.63) is 17.5 Å². The number of nitrogens with zero attached hydrogens (tertiary/aromatic N) is 3. The second-order valence-corrected chi connectivity index (χ2v) is 3.27. The van der Waals surface area contributed by atoms with Gasteiger partial charge in [-0.25, -0.2) is 14.8 Å². The first-order chi connectivity index (χ1) is 6.52. The summed E-state index contributed by atoms with van der Waals surface area (Å²) >= 11 is 5.56. The van der Waals surface area contributed by atoms with Crippen molar-refractivity contribution in [2.24, 2.45) is 0 Å². The highest BCUT2D eigenvalue weighted by Crippen LogP contribution is 2.15. The van der Waals surface area contributed by atoms with Gasteiger partial charge in [0.05, 0.1) is 0 Å². The zero-order valence-corrected chi connectivity index (χ0v) is 8.56. The molecule has 1 amide bonds. The number of hydrogen-bond donors (Lipinski definition) is 1. The van der Waals surface area contributed by atoms with Gasteiger partial charge >= 0.3 is 6.09 Å². The maximum atomic E-state index is 10.9. The van der Waals surface area contributed by atoms with Gasteiger partial charge in [0.25, 0.3) is 0 Å². The molecule has 1 aromatic heterocycles. The van der Waals surface area contributed by atoms with Gasteiger partial charge in [-0.05, 0) is 31.5 Å². The number of aromatic nitrogens is 2. The average molecular weight is 216 g/mol. The Labute approximate surface area is 86.3 Å². The summed E-state index contributed by atoms with van der Waals surface area (Å²) in [7, 11) is 0. The summed E-state index contributed by atoms with van der Waals surface area (Å²) in [5.41, 5.74) is 0. The molecule has 1 aromatic rings. The molecule has 0 atom stereocenters. The Morgan fingerprint density at radius 1 is 1.64 bits per heavy atom. The minimum absolute atomic E-state index is 0.0365. The molecule has 0 spiro atoms. The van der Waals surface area contributed by atoms with Gasteiger partial charge in [-0.3, -0.25) is 4.90 Å². The van der Waals surface area contributed by atoms with Crippen molar-refractivity contribution < 1.29 is 9.90 Å². The van der Waals surface area contributed by atoms with E-state index < -0.39 is 6.09 Å². The van der Waals surface area contributed by atoms with Crippen molar-refractivity contribution in [3.63, 3.8) is 0 Å². The van der Waals surface area contributed by atoms with Gasteiger partial charge in [-0.15, -0.1) is 0 Å². The molecule has 0 aromatic carbocycles. The van der Waals surface area contributed by atoms with Crippen LogP contribution in [0.15, 0.2) is 12.3 Å². The summed E-state index contributed by atoms with van der Waals surface area (Å²) in [6.07, 6.45) is 0.359. The number of amides is 1. The third-order valence-electron chi connectivity index (χ3n) is 1.58. The van der Waals surface area contributed by atoms with Gasteiger partial charge < -0.3 is 5.11 Å². The zero-order valence-electron chi connectivity index (χ0n) is 7.81. The Hall–Kier alpha value is -1.36. The summed E-state index contributed by atoms with van der Waals surface area (Å²) < 4.78 is 0. The lowest BCUT2D eigenvalue weighted by molar-refractivity contribution is 0.200. The molecule has 0 aliphatic carbocycles. The predicted octanol–water partition coefficient (Wildman–Crippen LogP) is 2.02. The number of carboxylic acid groups (broad SMARTS) is 1. The maximum Gasteiger partial charge on any atom is 0.413 e. The summed E-state index contributed by atoms with van der Waals surface area (Å²) in [4.78, 5) is 19.5.